The standard InChI is InChI=1S/Mo.2H2O.2O.P/h;2*1H2;;;/q+2;;;;;/p-2. The van der Waals surface area contributed by atoms with Crippen LogP contribution in [-0.4, -0.2) is 7.52 Å². The minimum Gasteiger partial charge on any atom is 0 e. The summed E-state index contributed by atoms with van der Waals surface area (Å²) in [5, 5.41) is 0. The molecule has 37 valence electrons. The van der Waals surface area contributed by atoms with E-state index in [-0.39, 0.29) is 9.90 Å². The maximum atomic E-state index is 8.85. The van der Waals surface area contributed by atoms with E-state index in [0.717, 1.165) is 0 Å². The van der Waals surface area contributed by atoms with Crippen molar-refractivity contribution in [2.45, 2.75) is 0 Å². The van der Waals surface area contributed by atoms with Crippen LogP contribution in [0.25, 0.3) is 0 Å². The minimum atomic E-state index is -5.52. The molecule has 0 heterocycles. The van der Waals surface area contributed by atoms with Crippen molar-refractivity contribution in [1.82, 2.24) is 0 Å². The number of hydrogen-bond acceptors (Lipinski definition) is 2. The van der Waals surface area contributed by atoms with Gasteiger partial charge >= 0.3 is 31.1 Å². The molecule has 0 aliphatic carbocycles. The summed E-state index contributed by atoms with van der Waals surface area (Å²) < 4.78 is 32.0. The number of hydrogen-bond donors (Lipinski definition) is 2. The van der Waals surface area contributed by atoms with E-state index in [9.17, 15) is 0 Å². The molecule has 4 nitrogen and oxygen atoms in total. The molecule has 0 rings (SSSR count). The number of rotatable bonds is 0. The molecule has 0 fully saturated rings. The summed E-state index contributed by atoms with van der Waals surface area (Å²) in [4.78, 5) is 0. The second kappa shape index (κ2) is 2.75. The molecule has 0 aromatic rings. The molecule has 6 heteroatoms. The molecule has 0 aromatic carbocycles. The Morgan fingerprint density at radius 1 is 1.17 bits per heavy atom. The zero-order valence-electron chi connectivity index (χ0n) is 2.57. The Balaban J connectivity index is 0. The molecule has 3 radical (unpaired) electrons. The first-order chi connectivity index (χ1) is 2.00. The van der Waals surface area contributed by atoms with E-state index in [1.54, 1.807) is 0 Å². The Labute approximate surface area is 41.5 Å². The van der Waals surface area contributed by atoms with Crippen LogP contribution in [0.5, 0.6) is 0 Å². The van der Waals surface area contributed by atoms with Gasteiger partial charge in [-0.1, -0.05) is 0 Å². The van der Waals surface area contributed by atoms with Gasteiger partial charge in [0.25, 0.3) is 0 Å². The van der Waals surface area contributed by atoms with E-state index in [1.165, 1.54) is 0 Å². The van der Waals surface area contributed by atoms with Crippen LogP contribution in [0.2, 0.25) is 0 Å². The Morgan fingerprint density at radius 2 is 1.17 bits per heavy atom. The van der Waals surface area contributed by atoms with Crippen molar-refractivity contribution >= 4 is 9.90 Å². The van der Waals surface area contributed by atoms with Crippen LogP contribution in [-0.2, 0) is 23.5 Å². The Morgan fingerprint density at radius 3 is 1.17 bits per heavy atom. The van der Waals surface area contributed by atoms with Crippen LogP contribution < -0.4 is 0 Å². The molecule has 0 saturated heterocycles. The first-order valence-electron chi connectivity index (χ1n) is 0.698. The van der Waals surface area contributed by atoms with Crippen molar-refractivity contribution in [3.8, 4) is 0 Å². The zero-order chi connectivity index (χ0) is 4.50. The average molecular weight is 193 g/mol. The van der Waals surface area contributed by atoms with Crippen molar-refractivity contribution in [3.63, 3.8) is 0 Å². The van der Waals surface area contributed by atoms with Gasteiger partial charge in [0, 0.05) is 9.90 Å². The van der Waals surface area contributed by atoms with Crippen LogP contribution >= 0.6 is 9.90 Å². The minimum absolute atomic E-state index is 0. The van der Waals surface area contributed by atoms with Gasteiger partial charge in [0.15, 0.2) is 0 Å². The van der Waals surface area contributed by atoms with E-state index in [2.05, 4.69) is 0 Å². The molecule has 2 N–H and O–H groups in total. The molecule has 0 amide bonds. The summed E-state index contributed by atoms with van der Waals surface area (Å²) in [7, 11) is 0. The first-order valence-corrected chi connectivity index (χ1v) is 4.13. The van der Waals surface area contributed by atoms with E-state index in [4.69, 9.17) is 14.3 Å². The van der Waals surface area contributed by atoms with E-state index < -0.39 is 16.7 Å². The molecule has 0 atom stereocenters. The van der Waals surface area contributed by atoms with Crippen LogP contribution in [0.3, 0.4) is 0 Å². The molecular formula is H2MoO4P. The quantitative estimate of drug-likeness (QED) is 0.402. The third kappa shape index (κ3) is 151. The normalized spacial score (nSPS) is 9.67. The molecule has 0 spiro atoms. The molecule has 0 aliphatic rings. The van der Waals surface area contributed by atoms with E-state index in [1.807, 2.05) is 0 Å². The summed E-state index contributed by atoms with van der Waals surface area (Å²) in [6, 6.07) is 0. The van der Waals surface area contributed by atoms with Gasteiger partial charge in [0.05, 0.1) is 0 Å². The van der Waals surface area contributed by atoms with Gasteiger partial charge in [-0.25, -0.2) is 0 Å². The molecule has 0 aromatic heterocycles. The van der Waals surface area contributed by atoms with Crippen molar-refractivity contribution in [2.24, 2.45) is 0 Å². The Hall–Kier alpha value is 0.638. The topological polar surface area (TPSA) is 74.6 Å². The fraction of sp³-hybridized carbons (Fsp3) is 0. The molecular weight excluding hydrogens is 191 g/mol. The van der Waals surface area contributed by atoms with Gasteiger partial charge in [0.2, 0.25) is 0 Å². The summed E-state index contributed by atoms with van der Waals surface area (Å²) in [5.41, 5.74) is 0. The average Bonchev–Trinajstić information content (AvgIpc) is 0.722. The molecule has 0 aliphatic heterocycles. The van der Waals surface area contributed by atoms with Crippen molar-refractivity contribution in [1.29, 1.82) is 0 Å². The van der Waals surface area contributed by atoms with Crippen molar-refractivity contribution in [3.05, 3.63) is 0 Å². The molecule has 0 unspecified atom stereocenters. The van der Waals surface area contributed by atoms with Crippen LogP contribution in [0, 0.1) is 0 Å². The second-order valence-electron chi connectivity index (χ2n) is 0.448. The van der Waals surface area contributed by atoms with Crippen LogP contribution in [0.4, 0.5) is 0 Å². The molecule has 0 bridgehead atoms. The predicted octanol–water partition coefficient (Wildman–Crippen LogP) is -0.493. The first kappa shape index (κ1) is 9.81. The van der Waals surface area contributed by atoms with Gasteiger partial charge in [0.1, 0.15) is 0 Å². The van der Waals surface area contributed by atoms with Gasteiger partial charge in [-0.3, -0.25) is 0 Å². The Kier molecular flexibility index (Phi) is 4.50. The van der Waals surface area contributed by atoms with E-state index >= 15 is 0 Å². The maximum Gasteiger partial charge on any atom is 0 e. The van der Waals surface area contributed by atoms with Gasteiger partial charge in [-0.2, -0.15) is 0 Å². The van der Waals surface area contributed by atoms with Crippen molar-refractivity contribution < 1.29 is 31.1 Å². The summed E-state index contributed by atoms with van der Waals surface area (Å²) in [6.07, 6.45) is 0. The fourth-order valence-electron chi connectivity index (χ4n) is 0. The largest absolute Gasteiger partial charge is 0 e. The van der Waals surface area contributed by atoms with Crippen LogP contribution in [0.15, 0.2) is 0 Å². The van der Waals surface area contributed by atoms with Crippen molar-refractivity contribution in [2.75, 3.05) is 0 Å². The summed E-state index contributed by atoms with van der Waals surface area (Å²) in [5.74, 6) is 0. The zero-order valence-corrected chi connectivity index (χ0v) is 5.47. The fourth-order valence-corrected chi connectivity index (χ4v) is 0. The second-order valence-corrected chi connectivity index (χ2v) is 2.65. The maximum absolute atomic E-state index is 8.85. The van der Waals surface area contributed by atoms with Crippen LogP contribution in [0.1, 0.15) is 0 Å². The van der Waals surface area contributed by atoms with E-state index in [0.29, 0.717) is 0 Å². The third-order valence-corrected chi connectivity index (χ3v) is 0. The predicted molar refractivity (Wildman–Crippen MR) is 12.7 cm³/mol. The summed E-state index contributed by atoms with van der Waals surface area (Å²) >= 11 is -5.52. The van der Waals surface area contributed by atoms with Gasteiger partial charge in [-0.15, -0.1) is 0 Å². The third-order valence-electron chi connectivity index (χ3n) is 0. The smallest absolute Gasteiger partial charge is 0 e. The van der Waals surface area contributed by atoms with Gasteiger partial charge in [-0.05, 0) is 0 Å². The monoisotopic (exact) mass is 195 g/mol. The van der Waals surface area contributed by atoms with Gasteiger partial charge < -0.3 is 0 Å². The summed E-state index contributed by atoms with van der Waals surface area (Å²) in [6.45, 7) is 0. The molecule has 0 saturated carbocycles. The SMILES string of the molecule is [O]=[Mo](=[O])([OH])[OH].[P]. The Bertz CT molecular complexity index is 90.7. The molecule has 6 heavy (non-hydrogen) atoms.